The molecule has 2 aromatic rings. The first-order chi connectivity index (χ1) is 12.2. The van der Waals surface area contributed by atoms with E-state index < -0.39 is 32.9 Å². The van der Waals surface area contributed by atoms with Crippen molar-refractivity contribution in [3.05, 3.63) is 40.8 Å². The van der Waals surface area contributed by atoms with E-state index in [0.29, 0.717) is 5.69 Å². The molecule has 1 saturated heterocycles. The Kier molecular flexibility index (Phi) is 5.02. The first-order valence-corrected chi connectivity index (χ1v) is 9.76. The number of benzene rings is 1. The number of halogens is 2. The lowest BCUT2D eigenvalue weighted by Crippen LogP contribution is -2.57. The Balaban J connectivity index is 1.77. The number of nitrogens with one attached hydrogen (secondary N) is 2. The molecule has 8 nitrogen and oxygen atoms in total. The van der Waals surface area contributed by atoms with Gasteiger partial charge in [-0.2, -0.15) is 0 Å². The van der Waals surface area contributed by atoms with E-state index in [4.69, 9.17) is 21.3 Å². The van der Waals surface area contributed by atoms with Gasteiger partial charge in [-0.3, -0.25) is 15.3 Å². The van der Waals surface area contributed by atoms with Gasteiger partial charge in [0.1, 0.15) is 11.4 Å². The minimum absolute atomic E-state index is 0.0122. The second-order valence-electron chi connectivity index (χ2n) is 6.03. The van der Waals surface area contributed by atoms with Crippen LogP contribution in [0.15, 0.2) is 28.8 Å². The summed E-state index contributed by atoms with van der Waals surface area (Å²) in [6, 6.07) is 5.55. The van der Waals surface area contributed by atoms with Gasteiger partial charge in [-0.05, 0) is 24.6 Å². The maximum absolute atomic E-state index is 13.9. The third kappa shape index (κ3) is 3.73. The number of hydroxylamine groups is 1. The summed E-state index contributed by atoms with van der Waals surface area (Å²) in [6.45, 7) is -0.0123. The average molecular weight is 404 g/mol. The number of nitrogens with zero attached hydrogens (tertiary/aromatic N) is 1. The number of rotatable bonds is 5. The van der Waals surface area contributed by atoms with Gasteiger partial charge in [-0.25, -0.2) is 18.3 Å². The smallest absolute Gasteiger partial charge is 0.264 e. The van der Waals surface area contributed by atoms with E-state index in [9.17, 15) is 17.6 Å². The fourth-order valence-corrected chi connectivity index (χ4v) is 4.92. The van der Waals surface area contributed by atoms with Gasteiger partial charge in [0.05, 0.1) is 22.8 Å². The molecule has 0 radical (unpaired) electrons. The van der Waals surface area contributed by atoms with Gasteiger partial charge < -0.3 is 4.52 Å². The van der Waals surface area contributed by atoms with Crippen LogP contribution in [-0.2, 0) is 21.2 Å². The fourth-order valence-electron chi connectivity index (χ4n) is 2.83. The van der Waals surface area contributed by atoms with Crippen LogP contribution < -0.4 is 10.8 Å². The van der Waals surface area contributed by atoms with Crippen LogP contribution in [0.25, 0.3) is 11.3 Å². The molecular weight excluding hydrogens is 389 g/mol. The molecule has 0 aliphatic carbocycles. The second-order valence-corrected chi connectivity index (χ2v) is 8.65. The molecular formula is C15H15ClFN3O5S. The predicted molar refractivity (Wildman–Crippen MR) is 89.7 cm³/mol. The zero-order valence-corrected chi connectivity index (χ0v) is 14.9. The highest BCUT2D eigenvalue weighted by molar-refractivity contribution is 7.91. The summed E-state index contributed by atoms with van der Waals surface area (Å²) in [5, 5.41) is 15.8. The van der Waals surface area contributed by atoms with Gasteiger partial charge in [-0.1, -0.05) is 16.8 Å². The number of carbonyl (C=O) groups excluding carboxylic acids is 1. The Hall–Kier alpha value is -2.01. The van der Waals surface area contributed by atoms with Crippen molar-refractivity contribution in [2.75, 3.05) is 11.5 Å². The van der Waals surface area contributed by atoms with Crippen molar-refractivity contribution in [1.82, 2.24) is 16.0 Å². The number of sulfone groups is 1. The molecule has 140 valence electrons. The number of carbonyl (C=O) groups is 1. The summed E-state index contributed by atoms with van der Waals surface area (Å²) in [5.74, 6) is -1.87. The zero-order valence-electron chi connectivity index (χ0n) is 13.3. The quantitative estimate of drug-likeness (QED) is 0.508. The number of hydrogen-bond donors (Lipinski definition) is 3. The highest BCUT2D eigenvalue weighted by atomic mass is 35.5. The Labute approximate surface area is 153 Å². The van der Waals surface area contributed by atoms with Crippen LogP contribution in [0.3, 0.4) is 0 Å². The third-order valence-corrected chi connectivity index (χ3v) is 6.20. The first kappa shape index (κ1) is 18.8. The molecule has 3 rings (SSSR count). The highest BCUT2D eigenvalue weighted by Crippen LogP contribution is 2.27. The van der Waals surface area contributed by atoms with Crippen molar-refractivity contribution in [3.8, 4) is 11.3 Å². The van der Waals surface area contributed by atoms with Crippen LogP contribution in [0.1, 0.15) is 12.1 Å². The van der Waals surface area contributed by atoms with Crippen LogP contribution in [0.4, 0.5) is 4.39 Å². The summed E-state index contributed by atoms with van der Waals surface area (Å²) < 4.78 is 42.5. The molecule has 3 N–H and O–H groups in total. The summed E-state index contributed by atoms with van der Waals surface area (Å²) in [6.07, 6.45) is 0.0122. The average Bonchev–Trinajstić information content (AvgIpc) is 3.17. The highest BCUT2D eigenvalue weighted by Gasteiger charge is 2.48. The predicted octanol–water partition coefficient (Wildman–Crippen LogP) is 1.29. The van der Waals surface area contributed by atoms with Gasteiger partial charge in [0, 0.05) is 17.6 Å². The first-order valence-electron chi connectivity index (χ1n) is 7.56. The van der Waals surface area contributed by atoms with Gasteiger partial charge >= 0.3 is 0 Å². The Morgan fingerprint density at radius 3 is 2.81 bits per heavy atom. The molecule has 0 spiro atoms. The maximum Gasteiger partial charge on any atom is 0.264 e. The van der Waals surface area contributed by atoms with E-state index in [-0.39, 0.29) is 35.1 Å². The molecule has 1 aromatic carbocycles. The molecule has 1 unspecified atom stereocenters. The van der Waals surface area contributed by atoms with Crippen LogP contribution >= 0.6 is 11.6 Å². The van der Waals surface area contributed by atoms with Crippen molar-refractivity contribution in [1.29, 1.82) is 0 Å². The standard InChI is InChI=1S/C15H15ClFN3O5S/c16-9-1-2-11(12(17)5-9)13-6-10(20-25-13)7-18-15(14(21)19-22)3-4-26(23,24)8-15/h1-2,5-6,18,22H,3-4,7-8H2,(H,19,21). The summed E-state index contributed by atoms with van der Waals surface area (Å²) in [7, 11) is -3.40. The maximum atomic E-state index is 13.9. The largest absolute Gasteiger partial charge is 0.356 e. The lowest BCUT2D eigenvalue weighted by Gasteiger charge is -2.25. The van der Waals surface area contributed by atoms with Crippen LogP contribution in [0, 0.1) is 5.82 Å². The summed E-state index contributed by atoms with van der Waals surface area (Å²) >= 11 is 5.71. The summed E-state index contributed by atoms with van der Waals surface area (Å²) in [5.41, 5.74) is 0.537. The normalized spacial score (nSPS) is 21.7. The van der Waals surface area contributed by atoms with E-state index in [1.165, 1.54) is 23.7 Å². The summed E-state index contributed by atoms with van der Waals surface area (Å²) in [4.78, 5) is 12.0. The van der Waals surface area contributed by atoms with Gasteiger partial charge in [0.2, 0.25) is 0 Å². The Morgan fingerprint density at radius 2 is 2.19 bits per heavy atom. The van der Waals surface area contributed by atoms with E-state index in [1.54, 1.807) is 0 Å². The topological polar surface area (TPSA) is 122 Å². The van der Waals surface area contributed by atoms with Crippen molar-refractivity contribution < 1.29 is 27.3 Å². The van der Waals surface area contributed by atoms with Gasteiger partial charge in [0.25, 0.3) is 5.91 Å². The van der Waals surface area contributed by atoms with Crippen molar-refractivity contribution >= 4 is 27.3 Å². The van der Waals surface area contributed by atoms with Gasteiger partial charge in [-0.15, -0.1) is 0 Å². The van der Waals surface area contributed by atoms with Crippen LogP contribution in [0.2, 0.25) is 5.02 Å². The van der Waals surface area contributed by atoms with Gasteiger partial charge in [0.15, 0.2) is 15.6 Å². The van der Waals surface area contributed by atoms with Crippen molar-refractivity contribution in [2.45, 2.75) is 18.5 Å². The Bertz CT molecular complexity index is 949. The second kappa shape index (κ2) is 6.95. The molecule has 0 bridgehead atoms. The molecule has 1 aliphatic heterocycles. The number of hydrogen-bond acceptors (Lipinski definition) is 7. The molecule has 1 aliphatic rings. The minimum atomic E-state index is -3.40. The van der Waals surface area contributed by atoms with Crippen LogP contribution in [-0.4, -0.2) is 41.7 Å². The van der Waals surface area contributed by atoms with Crippen molar-refractivity contribution in [2.24, 2.45) is 0 Å². The Morgan fingerprint density at radius 1 is 1.42 bits per heavy atom. The number of aromatic nitrogens is 1. The van der Waals surface area contributed by atoms with E-state index in [2.05, 4.69) is 10.5 Å². The molecule has 1 atom stereocenters. The molecule has 26 heavy (non-hydrogen) atoms. The molecule has 1 aromatic heterocycles. The minimum Gasteiger partial charge on any atom is -0.356 e. The van der Waals surface area contributed by atoms with E-state index in [1.807, 2.05) is 0 Å². The zero-order chi connectivity index (χ0) is 18.9. The van der Waals surface area contributed by atoms with E-state index in [0.717, 1.165) is 6.07 Å². The third-order valence-electron chi connectivity index (χ3n) is 4.21. The monoisotopic (exact) mass is 403 g/mol. The molecule has 1 amide bonds. The molecule has 0 saturated carbocycles. The lowest BCUT2D eigenvalue weighted by molar-refractivity contribution is -0.135. The lowest BCUT2D eigenvalue weighted by atomic mass is 9.98. The van der Waals surface area contributed by atoms with Crippen LogP contribution in [0.5, 0.6) is 0 Å². The SMILES string of the molecule is O=C(NO)C1(NCc2cc(-c3ccc(Cl)cc3F)on2)CCS(=O)(=O)C1. The molecule has 11 heteroatoms. The van der Waals surface area contributed by atoms with E-state index >= 15 is 0 Å². The fraction of sp³-hybridized carbons (Fsp3) is 0.333. The number of amides is 1. The molecule has 1 fully saturated rings. The molecule has 2 heterocycles. The van der Waals surface area contributed by atoms with Crippen molar-refractivity contribution in [3.63, 3.8) is 0 Å².